The van der Waals surface area contributed by atoms with E-state index in [9.17, 15) is 4.79 Å². The molecule has 0 spiro atoms. The fraction of sp³-hybridized carbons (Fsp3) is 0.385. The molecule has 0 bridgehead atoms. The van der Waals surface area contributed by atoms with Gasteiger partial charge in [0.15, 0.2) is 5.16 Å². The molecule has 0 aliphatic carbocycles. The maximum Gasteiger partial charge on any atom is 0.316 e. The summed E-state index contributed by atoms with van der Waals surface area (Å²) in [6, 6.07) is 8.12. The number of imidazole rings is 1. The van der Waals surface area contributed by atoms with Gasteiger partial charge in [0.1, 0.15) is 5.25 Å². The number of rotatable bonds is 4. The van der Waals surface area contributed by atoms with Crippen molar-refractivity contribution >= 4 is 28.8 Å². The van der Waals surface area contributed by atoms with Crippen LogP contribution in [0.4, 0.5) is 0 Å². The van der Waals surface area contributed by atoms with E-state index in [2.05, 4.69) is 23.4 Å². The first-order valence-electron chi connectivity index (χ1n) is 5.87. The smallest absolute Gasteiger partial charge is 0.316 e. The Balaban J connectivity index is 2.49. The first-order chi connectivity index (χ1) is 8.50. The highest BCUT2D eigenvalue weighted by Crippen LogP contribution is 2.30. The second-order valence-corrected chi connectivity index (χ2v) is 5.75. The van der Waals surface area contributed by atoms with E-state index >= 15 is 0 Å². The van der Waals surface area contributed by atoms with Gasteiger partial charge in [-0.15, -0.1) is 0 Å². The number of hydrogen-bond donors (Lipinski definition) is 1. The van der Waals surface area contributed by atoms with E-state index in [1.165, 1.54) is 11.8 Å². The maximum atomic E-state index is 10.9. The molecule has 0 aliphatic rings. The zero-order valence-electron chi connectivity index (χ0n) is 10.6. The number of aromatic nitrogens is 2. The maximum absolute atomic E-state index is 10.9. The summed E-state index contributed by atoms with van der Waals surface area (Å²) in [5.74, 6) is -0.817. The van der Waals surface area contributed by atoms with Crippen molar-refractivity contribution in [3.8, 4) is 0 Å². The Morgan fingerprint density at radius 2 is 2.00 bits per heavy atom. The molecule has 18 heavy (non-hydrogen) atoms. The van der Waals surface area contributed by atoms with Crippen molar-refractivity contribution in [2.24, 2.45) is 0 Å². The molecule has 96 valence electrons. The summed E-state index contributed by atoms with van der Waals surface area (Å²) in [4.78, 5) is 15.5. The van der Waals surface area contributed by atoms with Gasteiger partial charge in [-0.1, -0.05) is 23.9 Å². The van der Waals surface area contributed by atoms with Gasteiger partial charge in [-0.25, -0.2) is 4.98 Å². The molecule has 1 atom stereocenters. The predicted molar refractivity (Wildman–Crippen MR) is 73.1 cm³/mol. The van der Waals surface area contributed by atoms with Crippen molar-refractivity contribution < 1.29 is 9.90 Å². The largest absolute Gasteiger partial charge is 0.480 e. The highest BCUT2D eigenvalue weighted by atomic mass is 32.2. The number of carboxylic acid groups (broad SMARTS) is 1. The van der Waals surface area contributed by atoms with Crippen LogP contribution in [0.5, 0.6) is 0 Å². The number of nitrogens with zero attached hydrogens (tertiary/aromatic N) is 2. The first kappa shape index (κ1) is 13.0. The van der Waals surface area contributed by atoms with Crippen molar-refractivity contribution in [2.75, 3.05) is 0 Å². The third-order valence-corrected chi connectivity index (χ3v) is 3.76. The molecule has 2 rings (SSSR count). The number of para-hydroxylation sites is 2. The SMILES string of the molecule is CC(C)n1c(S[C@@H](C)C(=O)O)nc2ccccc21. The molecule has 4 nitrogen and oxygen atoms in total. The molecule has 5 heteroatoms. The minimum Gasteiger partial charge on any atom is -0.480 e. The summed E-state index contributed by atoms with van der Waals surface area (Å²) in [6.45, 7) is 5.82. The molecule has 1 aromatic carbocycles. The van der Waals surface area contributed by atoms with Crippen molar-refractivity contribution in [1.29, 1.82) is 0 Å². The van der Waals surface area contributed by atoms with Crippen LogP contribution >= 0.6 is 11.8 Å². The minimum absolute atomic E-state index is 0.251. The number of benzene rings is 1. The number of carboxylic acids is 1. The monoisotopic (exact) mass is 264 g/mol. The van der Waals surface area contributed by atoms with Gasteiger partial charge in [-0.2, -0.15) is 0 Å². The lowest BCUT2D eigenvalue weighted by Gasteiger charge is -2.13. The normalized spacial score (nSPS) is 13.1. The highest BCUT2D eigenvalue weighted by molar-refractivity contribution is 8.00. The van der Waals surface area contributed by atoms with Crippen LogP contribution < -0.4 is 0 Å². The molecule has 0 unspecified atom stereocenters. The van der Waals surface area contributed by atoms with Gasteiger partial charge in [0.05, 0.1) is 11.0 Å². The average molecular weight is 264 g/mol. The summed E-state index contributed by atoms with van der Waals surface area (Å²) in [5.41, 5.74) is 1.96. The summed E-state index contributed by atoms with van der Waals surface area (Å²) in [6.07, 6.45) is 0. The predicted octanol–water partition coefficient (Wildman–Crippen LogP) is 3.18. The third kappa shape index (κ3) is 2.36. The van der Waals surface area contributed by atoms with Crippen LogP contribution in [0.1, 0.15) is 26.8 Å². The Kier molecular flexibility index (Phi) is 3.61. The van der Waals surface area contributed by atoms with Gasteiger partial charge in [-0.05, 0) is 32.9 Å². The van der Waals surface area contributed by atoms with Gasteiger partial charge < -0.3 is 9.67 Å². The van der Waals surface area contributed by atoms with E-state index in [1.54, 1.807) is 6.92 Å². The van der Waals surface area contributed by atoms with Crippen LogP contribution in [-0.2, 0) is 4.79 Å². The molecule has 0 fully saturated rings. The topological polar surface area (TPSA) is 55.1 Å². The quantitative estimate of drug-likeness (QED) is 0.862. The zero-order chi connectivity index (χ0) is 13.3. The molecule has 1 aromatic heterocycles. The van der Waals surface area contributed by atoms with Gasteiger partial charge in [0.25, 0.3) is 0 Å². The summed E-state index contributed by atoms with van der Waals surface area (Å²) in [7, 11) is 0. The highest BCUT2D eigenvalue weighted by Gasteiger charge is 2.19. The second-order valence-electron chi connectivity index (χ2n) is 4.45. The Morgan fingerprint density at radius 1 is 1.33 bits per heavy atom. The van der Waals surface area contributed by atoms with E-state index in [0.717, 1.165) is 16.2 Å². The van der Waals surface area contributed by atoms with Crippen LogP contribution in [0, 0.1) is 0 Å². The van der Waals surface area contributed by atoms with E-state index in [0.29, 0.717) is 0 Å². The summed E-state index contributed by atoms with van der Waals surface area (Å²) < 4.78 is 2.08. The lowest BCUT2D eigenvalue weighted by atomic mass is 10.3. The van der Waals surface area contributed by atoms with Crippen LogP contribution in [0.2, 0.25) is 0 Å². The van der Waals surface area contributed by atoms with Crippen LogP contribution in [-0.4, -0.2) is 25.9 Å². The van der Waals surface area contributed by atoms with Crippen LogP contribution in [0.3, 0.4) is 0 Å². The van der Waals surface area contributed by atoms with E-state index < -0.39 is 11.2 Å². The Hall–Kier alpha value is -1.49. The van der Waals surface area contributed by atoms with Crippen LogP contribution in [0.25, 0.3) is 11.0 Å². The first-order valence-corrected chi connectivity index (χ1v) is 6.75. The van der Waals surface area contributed by atoms with Crippen molar-refractivity contribution in [1.82, 2.24) is 9.55 Å². The fourth-order valence-electron chi connectivity index (χ4n) is 1.81. The van der Waals surface area contributed by atoms with Gasteiger partial charge >= 0.3 is 5.97 Å². The lowest BCUT2D eigenvalue weighted by Crippen LogP contribution is -2.13. The summed E-state index contributed by atoms with van der Waals surface area (Å²) in [5, 5.41) is 9.25. The standard InChI is InChI=1S/C13H16N2O2S/c1-8(2)15-11-7-5-4-6-10(11)14-13(15)18-9(3)12(16)17/h4-9H,1-3H3,(H,16,17)/t9-/m0/s1. The molecule has 0 aliphatic heterocycles. The molecular formula is C13H16N2O2S. The van der Waals surface area contributed by atoms with Crippen LogP contribution in [0.15, 0.2) is 29.4 Å². The number of carbonyl (C=O) groups is 1. The van der Waals surface area contributed by atoms with Crippen molar-refractivity contribution in [3.05, 3.63) is 24.3 Å². The van der Waals surface area contributed by atoms with E-state index in [1.807, 2.05) is 24.3 Å². The molecule has 0 saturated carbocycles. The lowest BCUT2D eigenvalue weighted by molar-refractivity contribution is -0.136. The van der Waals surface area contributed by atoms with Gasteiger partial charge in [-0.3, -0.25) is 4.79 Å². The number of aliphatic carboxylic acids is 1. The summed E-state index contributed by atoms with van der Waals surface area (Å²) >= 11 is 1.28. The van der Waals surface area contributed by atoms with E-state index in [-0.39, 0.29) is 6.04 Å². The molecular weight excluding hydrogens is 248 g/mol. The average Bonchev–Trinajstić information content (AvgIpc) is 2.66. The molecule has 0 saturated heterocycles. The van der Waals surface area contributed by atoms with Crippen molar-refractivity contribution in [3.63, 3.8) is 0 Å². The molecule has 0 radical (unpaired) electrons. The Labute approximate surface area is 110 Å². The zero-order valence-corrected chi connectivity index (χ0v) is 11.4. The molecule has 1 N–H and O–H groups in total. The van der Waals surface area contributed by atoms with Crippen molar-refractivity contribution in [2.45, 2.75) is 37.2 Å². The second kappa shape index (κ2) is 5.02. The van der Waals surface area contributed by atoms with Gasteiger partial charge in [0, 0.05) is 6.04 Å². The minimum atomic E-state index is -0.817. The molecule has 2 aromatic rings. The fourth-order valence-corrected chi connectivity index (χ4v) is 2.80. The van der Waals surface area contributed by atoms with Gasteiger partial charge in [0.2, 0.25) is 0 Å². The Morgan fingerprint density at radius 3 is 2.61 bits per heavy atom. The molecule has 0 amide bonds. The van der Waals surface area contributed by atoms with E-state index in [4.69, 9.17) is 5.11 Å². The number of fused-ring (bicyclic) bond motifs is 1. The number of hydrogen-bond acceptors (Lipinski definition) is 3. The molecule has 1 heterocycles. The number of thioether (sulfide) groups is 1. The Bertz CT molecular complexity index is 577. The third-order valence-electron chi connectivity index (χ3n) is 2.71.